The van der Waals surface area contributed by atoms with E-state index in [1.807, 2.05) is 48.5 Å². The van der Waals surface area contributed by atoms with E-state index in [4.69, 9.17) is 16.7 Å². The lowest BCUT2D eigenvalue weighted by Crippen LogP contribution is -2.06. The van der Waals surface area contributed by atoms with Crippen LogP contribution in [-0.4, -0.2) is 11.7 Å². The number of anilines is 1. The van der Waals surface area contributed by atoms with E-state index in [2.05, 4.69) is 12.2 Å². The van der Waals surface area contributed by atoms with Gasteiger partial charge in [0.25, 0.3) is 0 Å². The summed E-state index contributed by atoms with van der Waals surface area (Å²) in [6.07, 6.45) is 0.701. The molecule has 0 saturated heterocycles. The summed E-state index contributed by atoms with van der Waals surface area (Å²) < 4.78 is 0. The minimum Gasteiger partial charge on any atom is -0.396 e. The predicted octanol–water partition coefficient (Wildman–Crippen LogP) is 4.05. The molecule has 0 saturated carbocycles. The minimum absolute atomic E-state index is 0.188. The Bertz CT molecular complexity index is 507. The van der Waals surface area contributed by atoms with Gasteiger partial charge in [-0.3, -0.25) is 0 Å². The average Bonchev–Trinajstić information content (AvgIpc) is 2.42. The van der Waals surface area contributed by atoms with Crippen molar-refractivity contribution in [1.82, 2.24) is 0 Å². The maximum atomic E-state index is 8.88. The van der Waals surface area contributed by atoms with Crippen LogP contribution >= 0.6 is 11.6 Å². The molecule has 19 heavy (non-hydrogen) atoms. The summed E-state index contributed by atoms with van der Waals surface area (Å²) in [4.78, 5) is 0. The van der Waals surface area contributed by atoms with Gasteiger partial charge >= 0.3 is 0 Å². The van der Waals surface area contributed by atoms with E-state index in [0.717, 1.165) is 16.3 Å². The van der Waals surface area contributed by atoms with Crippen LogP contribution in [0.4, 0.5) is 5.69 Å². The second kappa shape index (κ2) is 6.60. The average molecular weight is 276 g/mol. The van der Waals surface area contributed by atoms with Crippen molar-refractivity contribution in [3.63, 3.8) is 0 Å². The van der Waals surface area contributed by atoms with Crippen LogP contribution in [0, 0.1) is 0 Å². The first-order valence-corrected chi connectivity index (χ1v) is 6.78. The predicted molar refractivity (Wildman–Crippen MR) is 80.7 cm³/mol. The van der Waals surface area contributed by atoms with Gasteiger partial charge in [-0.25, -0.2) is 0 Å². The number of hydrogen-bond donors (Lipinski definition) is 2. The second-order valence-corrected chi connectivity index (χ2v) is 5.02. The fourth-order valence-electron chi connectivity index (χ4n) is 1.98. The van der Waals surface area contributed by atoms with Crippen molar-refractivity contribution in [2.24, 2.45) is 0 Å². The monoisotopic (exact) mass is 275 g/mol. The molecule has 0 heterocycles. The van der Waals surface area contributed by atoms with Crippen LogP contribution in [0.1, 0.15) is 24.1 Å². The molecule has 2 rings (SSSR count). The zero-order valence-corrected chi connectivity index (χ0v) is 11.7. The van der Waals surface area contributed by atoms with Gasteiger partial charge < -0.3 is 10.4 Å². The second-order valence-electron chi connectivity index (χ2n) is 4.59. The lowest BCUT2D eigenvalue weighted by Gasteiger charge is -2.16. The molecule has 2 aromatic rings. The van der Waals surface area contributed by atoms with Crippen molar-refractivity contribution in [3.05, 3.63) is 64.7 Å². The molecule has 1 atom stereocenters. The molecule has 1 unspecified atom stereocenters. The van der Waals surface area contributed by atoms with Crippen LogP contribution in [0.15, 0.2) is 48.5 Å². The Morgan fingerprint density at radius 2 is 1.68 bits per heavy atom. The van der Waals surface area contributed by atoms with E-state index >= 15 is 0 Å². The standard InChI is InChI=1S/C16H18ClNO/c1-12(14-4-6-15(17)7-5-14)18-16-8-2-13(3-9-16)10-11-19/h2-9,12,18-19H,10-11H2,1H3. The largest absolute Gasteiger partial charge is 0.396 e. The molecule has 0 aliphatic rings. The quantitative estimate of drug-likeness (QED) is 0.863. The highest BCUT2D eigenvalue weighted by molar-refractivity contribution is 6.30. The van der Waals surface area contributed by atoms with E-state index < -0.39 is 0 Å². The fourth-order valence-corrected chi connectivity index (χ4v) is 2.11. The molecule has 0 bridgehead atoms. The van der Waals surface area contributed by atoms with Crippen molar-refractivity contribution in [3.8, 4) is 0 Å². The number of hydrogen-bond acceptors (Lipinski definition) is 2. The molecule has 3 heteroatoms. The van der Waals surface area contributed by atoms with Gasteiger partial charge in [-0.15, -0.1) is 0 Å². The molecule has 0 fully saturated rings. The Kier molecular flexibility index (Phi) is 4.83. The van der Waals surface area contributed by atoms with Crippen molar-refractivity contribution in [1.29, 1.82) is 0 Å². The number of aliphatic hydroxyl groups is 1. The van der Waals surface area contributed by atoms with Gasteiger partial charge in [0.15, 0.2) is 0 Å². The van der Waals surface area contributed by atoms with E-state index in [1.165, 1.54) is 5.56 Å². The highest BCUT2D eigenvalue weighted by atomic mass is 35.5. The Morgan fingerprint density at radius 1 is 1.05 bits per heavy atom. The Balaban J connectivity index is 2.01. The fraction of sp³-hybridized carbons (Fsp3) is 0.250. The Morgan fingerprint density at radius 3 is 2.26 bits per heavy atom. The van der Waals surface area contributed by atoms with Gasteiger partial charge in [0.1, 0.15) is 0 Å². The maximum Gasteiger partial charge on any atom is 0.0485 e. The first-order chi connectivity index (χ1) is 9.19. The van der Waals surface area contributed by atoms with Gasteiger partial charge in [-0.05, 0) is 48.7 Å². The summed E-state index contributed by atoms with van der Waals surface area (Å²) >= 11 is 5.88. The highest BCUT2D eigenvalue weighted by Crippen LogP contribution is 2.21. The molecule has 2 nitrogen and oxygen atoms in total. The van der Waals surface area contributed by atoms with Crippen LogP contribution in [0.25, 0.3) is 0 Å². The SMILES string of the molecule is CC(Nc1ccc(CCO)cc1)c1ccc(Cl)cc1. The van der Waals surface area contributed by atoms with E-state index in [0.29, 0.717) is 6.42 Å². The minimum atomic E-state index is 0.188. The maximum absolute atomic E-state index is 8.88. The lowest BCUT2D eigenvalue weighted by atomic mass is 10.1. The zero-order valence-electron chi connectivity index (χ0n) is 10.9. The summed E-state index contributed by atoms with van der Waals surface area (Å²) in [7, 11) is 0. The van der Waals surface area contributed by atoms with Crippen molar-refractivity contribution in [2.45, 2.75) is 19.4 Å². The van der Waals surface area contributed by atoms with Crippen molar-refractivity contribution in [2.75, 3.05) is 11.9 Å². The summed E-state index contributed by atoms with van der Waals surface area (Å²) in [5.41, 5.74) is 3.42. The number of benzene rings is 2. The summed E-state index contributed by atoms with van der Waals surface area (Å²) in [5, 5.41) is 13.1. The summed E-state index contributed by atoms with van der Waals surface area (Å²) in [5.74, 6) is 0. The van der Waals surface area contributed by atoms with E-state index in [1.54, 1.807) is 0 Å². The first kappa shape index (κ1) is 13.9. The highest BCUT2D eigenvalue weighted by Gasteiger charge is 2.05. The van der Waals surface area contributed by atoms with Crippen LogP contribution in [-0.2, 0) is 6.42 Å². The van der Waals surface area contributed by atoms with Crippen LogP contribution in [0.5, 0.6) is 0 Å². The Labute approximate surface area is 119 Å². The van der Waals surface area contributed by atoms with Crippen molar-refractivity contribution < 1.29 is 5.11 Å². The van der Waals surface area contributed by atoms with Gasteiger partial charge in [0, 0.05) is 23.4 Å². The van der Waals surface area contributed by atoms with Gasteiger partial charge in [-0.1, -0.05) is 35.9 Å². The van der Waals surface area contributed by atoms with Gasteiger partial charge in [0.05, 0.1) is 0 Å². The third kappa shape index (κ3) is 3.98. The molecular weight excluding hydrogens is 258 g/mol. The Hall–Kier alpha value is -1.51. The molecule has 0 aromatic heterocycles. The number of halogens is 1. The number of aliphatic hydroxyl groups excluding tert-OH is 1. The summed E-state index contributed by atoms with van der Waals surface area (Å²) in [6.45, 7) is 2.30. The molecule has 0 spiro atoms. The molecular formula is C16H18ClNO. The molecule has 0 amide bonds. The molecule has 0 aliphatic heterocycles. The normalized spacial score (nSPS) is 12.2. The molecule has 0 radical (unpaired) electrons. The van der Waals surface area contributed by atoms with E-state index in [-0.39, 0.29) is 12.6 Å². The zero-order chi connectivity index (χ0) is 13.7. The number of nitrogens with one attached hydrogen (secondary N) is 1. The van der Waals surface area contributed by atoms with E-state index in [9.17, 15) is 0 Å². The van der Waals surface area contributed by atoms with Gasteiger partial charge in [-0.2, -0.15) is 0 Å². The van der Waals surface area contributed by atoms with Crippen LogP contribution < -0.4 is 5.32 Å². The molecule has 2 aromatic carbocycles. The third-order valence-corrected chi connectivity index (χ3v) is 3.36. The third-order valence-electron chi connectivity index (χ3n) is 3.11. The smallest absolute Gasteiger partial charge is 0.0485 e. The number of rotatable bonds is 5. The molecule has 100 valence electrons. The lowest BCUT2D eigenvalue weighted by molar-refractivity contribution is 0.299. The van der Waals surface area contributed by atoms with Crippen LogP contribution in [0.2, 0.25) is 5.02 Å². The first-order valence-electron chi connectivity index (χ1n) is 6.41. The van der Waals surface area contributed by atoms with Gasteiger partial charge in [0.2, 0.25) is 0 Å². The van der Waals surface area contributed by atoms with Crippen molar-refractivity contribution >= 4 is 17.3 Å². The van der Waals surface area contributed by atoms with Crippen LogP contribution in [0.3, 0.4) is 0 Å². The molecule has 0 aliphatic carbocycles. The molecule has 2 N–H and O–H groups in total. The summed E-state index contributed by atoms with van der Waals surface area (Å²) in [6, 6.07) is 16.2. The topological polar surface area (TPSA) is 32.3 Å².